The van der Waals surface area contributed by atoms with Gasteiger partial charge in [-0.3, -0.25) is 14.4 Å². The summed E-state index contributed by atoms with van der Waals surface area (Å²) in [6.45, 7) is 11.2. The fourth-order valence-corrected chi connectivity index (χ4v) is 8.57. The topological polar surface area (TPSA) is 51.2 Å². The lowest BCUT2D eigenvalue weighted by Crippen LogP contribution is -2.54. The molecule has 30 heavy (non-hydrogen) atoms. The van der Waals surface area contributed by atoms with Crippen LogP contribution in [-0.4, -0.2) is 17.3 Å². The molecule has 0 spiro atoms. The van der Waals surface area contributed by atoms with Crippen LogP contribution in [0.25, 0.3) is 0 Å². The van der Waals surface area contributed by atoms with E-state index in [0.29, 0.717) is 59.8 Å². The van der Waals surface area contributed by atoms with Crippen LogP contribution in [0.2, 0.25) is 0 Å². The highest BCUT2D eigenvalue weighted by atomic mass is 16.1. The van der Waals surface area contributed by atoms with Gasteiger partial charge in [0.25, 0.3) is 0 Å². The lowest BCUT2D eigenvalue weighted by Gasteiger charge is -2.60. The van der Waals surface area contributed by atoms with Gasteiger partial charge < -0.3 is 0 Å². The van der Waals surface area contributed by atoms with E-state index in [4.69, 9.17) is 0 Å². The first-order chi connectivity index (χ1) is 14.1. The molecule has 4 fully saturated rings. The Balaban J connectivity index is 1.55. The summed E-state index contributed by atoms with van der Waals surface area (Å²) in [5.74, 6) is 3.67. The molecule has 168 valence electrons. The Bertz CT molecular complexity index is 724. The van der Waals surface area contributed by atoms with Crippen molar-refractivity contribution in [2.75, 3.05) is 0 Å². The van der Waals surface area contributed by atoms with Crippen molar-refractivity contribution < 1.29 is 14.4 Å². The van der Waals surface area contributed by atoms with Crippen LogP contribution in [-0.2, 0) is 14.4 Å². The fourth-order valence-electron chi connectivity index (χ4n) is 8.57. The monoisotopic (exact) mass is 414 g/mol. The molecule has 0 aromatic carbocycles. The van der Waals surface area contributed by atoms with Gasteiger partial charge in [-0.25, -0.2) is 0 Å². The predicted octanol–water partition coefficient (Wildman–Crippen LogP) is 6.03. The minimum atomic E-state index is -0.137. The summed E-state index contributed by atoms with van der Waals surface area (Å²) in [4.78, 5) is 38.4. The molecule has 0 aliphatic heterocycles. The van der Waals surface area contributed by atoms with Crippen LogP contribution in [0.15, 0.2) is 0 Å². The number of hydrogen-bond acceptors (Lipinski definition) is 3. The van der Waals surface area contributed by atoms with Gasteiger partial charge in [0, 0.05) is 37.5 Å². The Morgan fingerprint density at radius 3 is 2.40 bits per heavy atom. The first-order valence-electron chi connectivity index (χ1n) is 12.6. The van der Waals surface area contributed by atoms with E-state index in [-0.39, 0.29) is 22.7 Å². The van der Waals surface area contributed by atoms with Gasteiger partial charge in [-0.2, -0.15) is 0 Å². The highest BCUT2D eigenvalue weighted by Gasteiger charge is 2.63. The van der Waals surface area contributed by atoms with E-state index < -0.39 is 0 Å². The average molecular weight is 415 g/mol. The van der Waals surface area contributed by atoms with E-state index in [0.717, 1.165) is 38.5 Å². The van der Waals surface area contributed by atoms with Crippen molar-refractivity contribution in [2.24, 2.45) is 52.3 Å². The van der Waals surface area contributed by atoms with E-state index in [1.54, 1.807) is 0 Å². The van der Waals surface area contributed by atoms with Gasteiger partial charge in [-0.05, 0) is 78.9 Å². The zero-order valence-electron chi connectivity index (χ0n) is 19.8. The molecular weight excluding hydrogens is 372 g/mol. The van der Waals surface area contributed by atoms with E-state index in [9.17, 15) is 14.4 Å². The number of ketones is 3. The van der Waals surface area contributed by atoms with E-state index >= 15 is 0 Å². The third-order valence-electron chi connectivity index (χ3n) is 10.4. The molecule has 0 heterocycles. The molecular formula is C27H42O3. The Hall–Kier alpha value is -0.990. The number of rotatable bonds is 5. The van der Waals surface area contributed by atoms with Crippen LogP contribution < -0.4 is 0 Å². The van der Waals surface area contributed by atoms with Crippen LogP contribution in [0.1, 0.15) is 98.8 Å². The zero-order valence-corrected chi connectivity index (χ0v) is 19.8. The molecule has 0 saturated heterocycles. The lowest BCUT2D eigenvalue weighted by molar-refractivity contribution is -0.143. The molecule has 0 aromatic heterocycles. The van der Waals surface area contributed by atoms with Crippen molar-refractivity contribution in [3.8, 4) is 0 Å². The molecule has 1 unspecified atom stereocenters. The molecule has 4 aliphatic carbocycles. The molecule has 0 amide bonds. The van der Waals surface area contributed by atoms with Crippen LogP contribution in [0.3, 0.4) is 0 Å². The molecule has 4 saturated carbocycles. The zero-order chi connectivity index (χ0) is 21.8. The summed E-state index contributed by atoms with van der Waals surface area (Å²) < 4.78 is 0. The van der Waals surface area contributed by atoms with Crippen LogP contribution in [0.4, 0.5) is 0 Å². The van der Waals surface area contributed by atoms with E-state index in [2.05, 4.69) is 27.7 Å². The largest absolute Gasteiger partial charge is 0.300 e. The molecule has 3 nitrogen and oxygen atoms in total. The molecule has 4 rings (SSSR count). The smallest absolute Gasteiger partial charge is 0.137 e. The Kier molecular flexibility index (Phi) is 5.81. The third-order valence-corrected chi connectivity index (χ3v) is 10.4. The van der Waals surface area contributed by atoms with E-state index in [1.807, 2.05) is 6.92 Å². The Morgan fingerprint density at radius 2 is 1.70 bits per heavy atom. The SMILES string of the molecule is CC(C)CCC(=O)[C@@H](C)[C@H]1C(=O)C[C@H]2[C@@H]3CCC4CC(=O)CC[C@]4(C)[C@H]3CC[C@]12C. The van der Waals surface area contributed by atoms with Gasteiger partial charge >= 0.3 is 0 Å². The predicted molar refractivity (Wildman–Crippen MR) is 119 cm³/mol. The lowest BCUT2D eigenvalue weighted by atomic mass is 9.44. The second-order valence-corrected chi connectivity index (χ2v) is 12.3. The third kappa shape index (κ3) is 3.43. The number of Topliss-reactive ketones (excluding diaryl/α,β-unsaturated/α-hetero) is 3. The highest BCUT2D eigenvalue weighted by molar-refractivity contribution is 5.92. The number of carbonyl (C=O) groups is 3. The fraction of sp³-hybridized carbons (Fsp3) is 0.889. The van der Waals surface area contributed by atoms with Crippen LogP contribution in [0.5, 0.6) is 0 Å². The highest BCUT2D eigenvalue weighted by Crippen LogP contribution is 2.67. The van der Waals surface area contributed by atoms with Crippen molar-refractivity contribution in [3.63, 3.8) is 0 Å². The van der Waals surface area contributed by atoms with Gasteiger partial charge in [-0.1, -0.05) is 34.6 Å². The molecule has 0 bridgehead atoms. The summed E-state index contributed by atoms with van der Waals surface area (Å²) in [6.07, 6.45) is 9.38. The molecule has 0 N–H and O–H groups in total. The van der Waals surface area contributed by atoms with Crippen molar-refractivity contribution in [3.05, 3.63) is 0 Å². The van der Waals surface area contributed by atoms with E-state index in [1.165, 1.54) is 12.8 Å². The van der Waals surface area contributed by atoms with Gasteiger partial charge in [0.1, 0.15) is 17.3 Å². The van der Waals surface area contributed by atoms with Gasteiger partial charge in [0.05, 0.1) is 0 Å². The first-order valence-corrected chi connectivity index (χ1v) is 12.6. The Morgan fingerprint density at radius 1 is 0.967 bits per heavy atom. The summed E-state index contributed by atoms with van der Waals surface area (Å²) in [5.41, 5.74) is 0.261. The van der Waals surface area contributed by atoms with Crippen molar-refractivity contribution in [1.82, 2.24) is 0 Å². The number of carbonyl (C=O) groups excluding carboxylic acids is 3. The standard InChI is InChI=1S/C27H42O3/c1-16(2)6-9-23(29)17(3)25-24(30)15-22-20-8-7-18-14-19(28)10-12-26(18,4)21(20)11-13-27(22,25)5/h16-18,20-22,25H,6-15H2,1-5H3/t17-,18?,20-,21+,22+,25+,26+,27+/m1/s1. The summed E-state index contributed by atoms with van der Waals surface area (Å²) in [7, 11) is 0. The summed E-state index contributed by atoms with van der Waals surface area (Å²) >= 11 is 0. The number of fused-ring (bicyclic) bond motifs is 5. The normalized spacial score (nSPS) is 44.4. The van der Waals surface area contributed by atoms with Crippen LogP contribution >= 0.6 is 0 Å². The first kappa shape index (κ1) is 22.2. The maximum Gasteiger partial charge on any atom is 0.137 e. The molecule has 3 heteroatoms. The maximum atomic E-state index is 13.3. The molecule has 8 atom stereocenters. The van der Waals surface area contributed by atoms with Gasteiger partial charge in [0.15, 0.2) is 0 Å². The van der Waals surface area contributed by atoms with Gasteiger partial charge in [-0.15, -0.1) is 0 Å². The minimum absolute atomic E-state index is 0.0150. The molecule has 4 aliphatic rings. The van der Waals surface area contributed by atoms with Crippen molar-refractivity contribution >= 4 is 17.3 Å². The number of hydrogen-bond donors (Lipinski definition) is 0. The average Bonchev–Trinajstić information content (AvgIpc) is 2.96. The van der Waals surface area contributed by atoms with Crippen LogP contribution in [0, 0.1) is 52.3 Å². The maximum absolute atomic E-state index is 13.3. The summed E-state index contributed by atoms with van der Waals surface area (Å²) in [5, 5.41) is 0. The van der Waals surface area contributed by atoms with Gasteiger partial charge in [0.2, 0.25) is 0 Å². The minimum Gasteiger partial charge on any atom is -0.300 e. The quantitative estimate of drug-likeness (QED) is 0.551. The van der Waals surface area contributed by atoms with Crippen molar-refractivity contribution in [1.29, 1.82) is 0 Å². The Labute approximate surface area is 183 Å². The second-order valence-electron chi connectivity index (χ2n) is 12.3. The van der Waals surface area contributed by atoms with Crippen molar-refractivity contribution in [2.45, 2.75) is 98.8 Å². The molecule has 0 aromatic rings. The summed E-state index contributed by atoms with van der Waals surface area (Å²) in [6, 6.07) is 0. The second kappa shape index (κ2) is 7.85. The molecule has 0 radical (unpaired) electrons.